The highest BCUT2D eigenvalue weighted by Crippen LogP contribution is 2.29. The topological polar surface area (TPSA) is 76.3 Å². The van der Waals surface area contributed by atoms with Crippen LogP contribution in [0.2, 0.25) is 0 Å². The molecule has 1 saturated heterocycles. The maximum atomic E-state index is 13.6. The molecule has 0 amide bonds. The fraction of sp³-hybridized carbons (Fsp3) is 0.467. The zero-order valence-corrected chi connectivity index (χ0v) is 13.8. The molecule has 8 heteroatoms. The second-order valence-corrected chi connectivity index (χ2v) is 7.78. The Morgan fingerprint density at radius 1 is 1.30 bits per heavy atom. The predicted octanol–water partition coefficient (Wildman–Crippen LogP) is 2.39. The molecule has 6 nitrogen and oxygen atoms in total. The zero-order chi connectivity index (χ0) is 16.6. The quantitative estimate of drug-likeness (QED) is 0.858. The van der Waals surface area contributed by atoms with E-state index in [-0.39, 0.29) is 17.4 Å². The largest absolute Gasteiger partial charge is 0.339 e. The van der Waals surface area contributed by atoms with E-state index in [0.717, 1.165) is 12.5 Å². The van der Waals surface area contributed by atoms with Crippen molar-refractivity contribution < 1.29 is 17.3 Å². The summed E-state index contributed by atoms with van der Waals surface area (Å²) in [6.45, 7) is 4.06. The van der Waals surface area contributed by atoms with E-state index in [1.165, 1.54) is 16.4 Å². The summed E-state index contributed by atoms with van der Waals surface area (Å²) in [5.74, 6) is 0.303. The Labute approximate surface area is 134 Å². The Morgan fingerprint density at radius 2 is 2.09 bits per heavy atom. The molecule has 2 heterocycles. The fourth-order valence-corrected chi connectivity index (χ4v) is 4.48. The second-order valence-electron chi connectivity index (χ2n) is 5.85. The molecule has 124 valence electrons. The molecule has 1 unspecified atom stereocenters. The highest BCUT2D eigenvalue weighted by molar-refractivity contribution is 7.89. The van der Waals surface area contributed by atoms with Gasteiger partial charge in [-0.05, 0) is 50.5 Å². The van der Waals surface area contributed by atoms with Crippen molar-refractivity contribution in [3.05, 3.63) is 41.3 Å². The van der Waals surface area contributed by atoms with Crippen molar-refractivity contribution in [3.63, 3.8) is 0 Å². The third-order valence-corrected chi connectivity index (χ3v) is 5.77. The van der Waals surface area contributed by atoms with E-state index in [4.69, 9.17) is 4.52 Å². The molecule has 1 atom stereocenters. The molecule has 1 aromatic carbocycles. The average Bonchev–Trinajstić information content (AvgIpc) is 2.93. The van der Waals surface area contributed by atoms with Crippen LogP contribution in [0.25, 0.3) is 0 Å². The van der Waals surface area contributed by atoms with Gasteiger partial charge >= 0.3 is 0 Å². The van der Waals surface area contributed by atoms with Gasteiger partial charge in [0.15, 0.2) is 5.82 Å². The third-order valence-electron chi connectivity index (χ3n) is 3.93. The first-order chi connectivity index (χ1) is 10.9. The molecule has 0 radical (unpaired) electrons. The highest BCUT2D eigenvalue weighted by atomic mass is 32.2. The Balaban J connectivity index is 1.87. The van der Waals surface area contributed by atoms with Crippen LogP contribution in [-0.2, 0) is 10.0 Å². The highest BCUT2D eigenvalue weighted by Gasteiger charge is 2.33. The SMILES string of the molecule is Cc1cc(F)cc(S(=O)(=O)N2CCCC(c3nc(C)no3)C2)c1. The van der Waals surface area contributed by atoms with E-state index in [1.807, 2.05) is 0 Å². The van der Waals surface area contributed by atoms with Crippen LogP contribution in [0.5, 0.6) is 0 Å². The van der Waals surface area contributed by atoms with Crippen LogP contribution in [-0.4, -0.2) is 36.0 Å². The van der Waals surface area contributed by atoms with Crippen molar-refractivity contribution >= 4 is 10.0 Å². The first-order valence-corrected chi connectivity index (χ1v) is 8.88. The Hall–Kier alpha value is -1.80. The standard InChI is InChI=1S/C15H18FN3O3S/c1-10-6-13(16)8-14(7-10)23(20,21)19-5-3-4-12(9-19)15-17-11(2)18-22-15/h6-8,12H,3-5,9H2,1-2H3. The van der Waals surface area contributed by atoms with Gasteiger partial charge in [-0.2, -0.15) is 9.29 Å². The molecular formula is C15H18FN3O3S. The summed E-state index contributed by atoms with van der Waals surface area (Å²) in [6.07, 6.45) is 1.48. The maximum absolute atomic E-state index is 13.6. The Morgan fingerprint density at radius 3 is 2.74 bits per heavy atom. The molecule has 1 aliphatic heterocycles. The van der Waals surface area contributed by atoms with Gasteiger partial charge in [0.05, 0.1) is 10.8 Å². The fourth-order valence-electron chi connectivity index (χ4n) is 2.84. The number of hydrogen-bond donors (Lipinski definition) is 0. The lowest BCUT2D eigenvalue weighted by Crippen LogP contribution is -2.39. The van der Waals surface area contributed by atoms with Gasteiger partial charge in [0.25, 0.3) is 0 Å². The number of aromatic nitrogens is 2. The first kappa shape index (κ1) is 16.1. The van der Waals surface area contributed by atoms with Crippen LogP contribution in [0, 0.1) is 19.7 Å². The summed E-state index contributed by atoms with van der Waals surface area (Å²) in [5.41, 5.74) is 0.574. The van der Waals surface area contributed by atoms with Crippen LogP contribution in [0.1, 0.15) is 36.0 Å². The van der Waals surface area contributed by atoms with Crippen molar-refractivity contribution in [2.45, 2.75) is 37.5 Å². The van der Waals surface area contributed by atoms with E-state index in [9.17, 15) is 12.8 Å². The van der Waals surface area contributed by atoms with Gasteiger partial charge in [0, 0.05) is 13.1 Å². The molecule has 23 heavy (non-hydrogen) atoms. The summed E-state index contributed by atoms with van der Waals surface area (Å²) < 4.78 is 45.6. The van der Waals surface area contributed by atoms with Crippen LogP contribution in [0.4, 0.5) is 4.39 Å². The minimum atomic E-state index is -3.74. The number of halogens is 1. The molecule has 0 bridgehead atoms. The smallest absolute Gasteiger partial charge is 0.243 e. The van der Waals surface area contributed by atoms with E-state index < -0.39 is 15.8 Å². The minimum absolute atomic E-state index is 0.0163. The van der Waals surface area contributed by atoms with Gasteiger partial charge in [-0.25, -0.2) is 12.8 Å². The number of rotatable bonds is 3. The zero-order valence-electron chi connectivity index (χ0n) is 13.0. The van der Waals surface area contributed by atoms with Crippen molar-refractivity contribution in [1.29, 1.82) is 0 Å². The lowest BCUT2D eigenvalue weighted by molar-refractivity contribution is 0.265. The summed E-state index contributed by atoms with van der Waals surface area (Å²) in [7, 11) is -3.74. The maximum Gasteiger partial charge on any atom is 0.243 e. The molecule has 1 aliphatic rings. The summed E-state index contributed by atoms with van der Waals surface area (Å²) in [5, 5.41) is 3.76. The van der Waals surface area contributed by atoms with Crippen molar-refractivity contribution in [1.82, 2.24) is 14.4 Å². The second kappa shape index (κ2) is 6.01. The van der Waals surface area contributed by atoms with Crippen LogP contribution < -0.4 is 0 Å². The van der Waals surface area contributed by atoms with E-state index in [2.05, 4.69) is 10.1 Å². The first-order valence-electron chi connectivity index (χ1n) is 7.44. The molecule has 1 aromatic heterocycles. The molecule has 0 N–H and O–H groups in total. The number of hydrogen-bond acceptors (Lipinski definition) is 5. The lowest BCUT2D eigenvalue weighted by atomic mass is 10.00. The molecule has 3 rings (SSSR count). The number of nitrogens with zero attached hydrogens (tertiary/aromatic N) is 3. The Bertz CT molecular complexity index is 799. The van der Waals surface area contributed by atoms with Gasteiger partial charge in [-0.15, -0.1) is 0 Å². The predicted molar refractivity (Wildman–Crippen MR) is 80.9 cm³/mol. The molecule has 0 spiro atoms. The van der Waals surface area contributed by atoms with Gasteiger partial charge in [-0.3, -0.25) is 0 Å². The average molecular weight is 339 g/mol. The van der Waals surface area contributed by atoms with Crippen molar-refractivity contribution in [2.75, 3.05) is 13.1 Å². The lowest BCUT2D eigenvalue weighted by Gasteiger charge is -2.30. The normalized spacial score (nSPS) is 19.9. The van der Waals surface area contributed by atoms with Crippen molar-refractivity contribution in [2.24, 2.45) is 0 Å². The molecule has 1 fully saturated rings. The number of sulfonamides is 1. The van der Waals surface area contributed by atoms with Gasteiger partial charge in [0.2, 0.25) is 15.9 Å². The number of aryl methyl sites for hydroxylation is 2. The molecule has 0 aliphatic carbocycles. The van der Waals surface area contributed by atoms with Gasteiger partial charge in [0.1, 0.15) is 5.82 Å². The molecule has 0 saturated carbocycles. The summed E-state index contributed by atoms with van der Waals surface area (Å²) in [4.78, 5) is 4.18. The van der Waals surface area contributed by atoms with E-state index >= 15 is 0 Å². The number of benzene rings is 1. The Kier molecular flexibility index (Phi) is 4.20. The molecule has 2 aromatic rings. The van der Waals surface area contributed by atoms with Crippen LogP contribution >= 0.6 is 0 Å². The minimum Gasteiger partial charge on any atom is -0.339 e. The van der Waals surface area contributed by atoms with Crippen molar-refractivity contribution in [3.8, 4) is 0 Å². The van der Waals surface area contributed by atoms with E-state index in [0.29, 0.717) is 30.2 Å². The number of piperidine rings is 1. The van der Waals surface area contributed by atoms with Crippen LogP contribution in [0.3, 0.4) is 0 Å². The third kappa shape index (κ3) is 3.28. The monoisotopic (exact) mass is 339 g/mol. The summed E-state index contributed by atoms with van der Waals surface area (Å²) >= 11 is 0. The van der Waals surface area contributed by atoms with E-state index in [1.54, 1.807) is 13.8 Å². The van der Waals surface area contributed by atoms with Crippen LogP contribution in [0.15, 0.2) is 27.6 Å². The van der Waals surface area contributed by atoms with Gasteiger partial charge in [-0.1, -0.05) is 5.16 Å². The summed E-state index contributed by atoms with van der Waals surface area (Å²) in [6, 6.07) is 3.85. The van der Waals surface area contributed by atoms with Gasteiger partial charge < -0.3 is 4.52 Å². The molecular weight excluding hydrogens is 321 g/mol.